The van der Waals surface area contributed by atoms with Gasteiger partial charge in [0, 0.05) is 15.2 Å². The number of carbonyl (C=O) groups is 1. The van der Waals surface area contributed by atoms with Gasteiger partial charge in [0.2, 0.25) is 5.96 Å². The van der Waals surface area contributed by atoms with E-state index in [0.29, 0.717) is 12.1 Å². The summed E-state index contributed by atoms with van der Waals surface area (Å²) in [5.41, 5.74) is 9.10. The molecule has 3 N–H and O–H groups in total. The van der Waals surface area contributed by atoms with Crippen molar-refractivity contribution in [2.24, 2.45) is 10.7 Å². The topological polar surface area (TPSA) is 106 Å². The van der Waals surface area contributed by atoms with Crippen LogP contribution in [0.2, 0.25) is 0 Å². The summed E-state index contributed by atoms with van der Waals surface area (Å²) >= 11 is 1.62. The predicted octanol–water partition coefficient (Wildman–Crippen LogP) is 5.30. The summed E-state index contributed by atoms with van der Waals surface area (Å²) in [6, 6.07) is 20.6. The fraction of sp³-hybridized carbons (Fsp3) is 0.120. The van der Waals surface area contributed by atoms with Gasteiger partial charge in [0.25, 0.3) is 5.95 Å². The Morgan fingerprint density at radius 3 is 2.41 bits per heavy atom. The van der Waals surface area contributed by atoms with Gasteiger partial charge in [0.05, 0.1) is 29.2 Å². The number of aromatic nitrogens is 2. The number of benzene rings is 3. The number of nitrogens with zero attached hydrogens (tertiary/aromatic N) is 4. The fourth-order valence-corrected chi connectivity index (χ4v) is 4.83. The lowest BCUT2D eigenvalue weighted by Crippen LogP contribution is -2.44. The van der Waals surface area contributed by atoms with Gasteiger partial charge < -0.3 is 10.5 Å². The van der Waals surface area contributed by atoms with E-state index in [1.165, 1.54) is 0 Å². The number of aliphatic imine (C=N–C) groups is 1. The third-order valence-electron chi connectivity index (χ3n) is 5.25. The molecule has 0 atom stereocenters. The Bertz CT molecular complexity index is 1390. The molecule has 0 saturated heterocycles. The van der Waals surface area contributed by atoms with Gasteiger partial charge in [0.15, 0.2) is 0 Å². The van der Waals surface area contributed by atoms with Crippen LogP contribution in [0.1, 0.15) is 12.6 Å². The molecule has 0 bridgehead atoms. The molecule has 8 nitrogen and oxygen atoms in total. The largest absolute Gasteiger partial charge is 0.494 e. The lowest BCUT2D eigenvalue weighted by atomic mass is 10.2. The van der Waals surface area contributed by atoms with E-state index < -0.39 is 6.03 Å². The number of ether oxygens (including phenoxy) is 1. The Balaban J connectivity index is 1.43. The third-order valence-corrected chi connectivity index (χ3v) is 6.38. The number of aryl methyl sites for hydroxylation is 1. The van der Waals surface area contributed by atoms with Crippen molar-refractivity contribution in [3.63, 3.8) is 0 Å². The standard InChI is InChI=1S/C25H22N6O2S/c1-3-33-16-12-13-18-17(14-16)15(2)27-24(28-18)29-23(26)30-25(32)31-19-8-4-6-10-21(19)34-22-11-7-5-9-20(22)31/h4-14H,3H2,1-2H3,(H3,26,27,28,29,30,32). The Labute approximate surface area is 200 Å². The molecule has 1 aliphatic rings. The lowest BCUT2D eigenvalue weighted by Gasteiger charge is -2.30. The summed E-state index contributed by atoms with van der Waals surface area (Å²) in [7, 11) is 0. The maximum absolute atomic E-state index is 13.3. The highest BCUT2D eigenvalue weighted by molar-refractivity contribution is 7.99. The molecule has 4 aromatic rings. The number of urea groups is 1. The van der Waals surface area contributed by atoms with Gasteiger partial charge in [0.1, 0.15) is 5.75 Å². The van der Waals surface area contributed by atoms with Crippen molar-refractivity contribution in [2.45, 2.75) is 23.6 Å². The highest BCUT2D eigenvalue weighted by atomic mass is 32.2. The first-order valence-electron chi connectivity index (χ1n) is 10.8. The smallest absolute Gasteiger partial charge is 0.333 e. The van der Waals surface area contributed by atoms with E-state index in [1.54, 1.807) is 16.7 Å². The molecule has 0 unspecified atom stereocenters. The minimum atomic E-state index is -0.416. The Kier molecular flexibility index (Phi) is 5.77. The molecule has 5 rings (SSSR count). The van der Waals surface area contributed by atoms with E-state index in [0.717, 1.165) is 38.0 Å². The van der Waals surface area contributed by atoms with Crippen LogP contribution in [-0.4, -0.2) is 28.6 Å². The van der Waals surface area contributed by atoms with Gasteiger partial charge in [-0.3, -0.25) is 10.2 Å². The van der Waals surface area contributed by atoms with E-state index in [9.17, 15) is 4.79 Å². The minimum Gasteiger partial charge on any atom is -0.494 e. The second kappa shape index (κ2) is 9.03. The number of nitrogens with two attached hydrogens (primary N) is 1. The van der Waals surface area contributed by atoms with Crippen LogP contribution in [0.25, 0.3) is 10.9 Å². The number of hydrogen-bond acceptors (Lipinski definition) is 6. The van der Waals surface area contributed by atoms with Crippen LogP contribution in [0, 0.1) is 6.92 Å². The molecule has 0 saturated carbocycles. The van der Waals surface area contributed by atoms with Crippen molar-refractivity contribution in [3.05, 3.63) is 72.4 Å². The van der Waals surface area contributed by atoms with Crippen LogP contribution < -0.4 is 20.7 Å². The second-order valence-corrected chi connectivity index (χ2v) is 8.60. The maximum Gasteiger partial charge on any atom is 0.333 e. The van der Waals surface area contributed by atoms with E-state index in [2.05, 4.69) is 20.3 Å². The minimum absolute atomic E-state index is 0.0946. The molecule has 1 aliphatic heterocycles. The number of carbonyl (C=O) groups excluding carboxylic acids is 1. The molecule has 0 spiro atoms. The van der Waals surface area contributed by atoms with E-state index in [4.69, 9.17) is 10.5 Å². The summed E-state index contributed by atoms with van der Waals surface area (Å²) in [5.74, 6) is 0.829. The predicted molar refractivity (Wildman–Crippen MR) is 134 cm³/mol. The van der Waals surface area contributed by atoms with E-state index in [1.807, 2.05) is 80.6 Å². The zero-order chi connectivity index (χ0) is 23.7. The number of guanidine groups is 1. The van der Waals surface area contributed by atoms with E-state index >= 15 is 0 Å². The SMILES string of the molecule is CCOc1ccc2nc(/N=C(\N)NC(=O)N3c4ccccc4Sc4ccccc43)nc(C)c2c1. The first-order chi connectivity index (χ1) is 16.5. The van der Waals surface area contributed by atoms with Crippen LogP contribution in [-0.2, 0) is 0 Å². The summed E-state index contributed by atoms with van der Waals surface area (Å²) in [6.07, 6.45) is 0. The number of fused-ring (bicyclic) bond motifs is 3. The molecule has 3 aromatic carbocycles. The third kappa shape index (κ3) is 4.13. The van der Waals surface area contributed by atoms with Gasteiger partial charge in [-0.25, -0.2) is 14.8 Å². The first kappa shape index (κ1) is 21.7. The normalized spacial score (nSPS) is 12.8. The summed E-state index contributed by atoms with van der Waals surface area (Å²) in [6.45, 7) is 4.38. The van der Waals surface area contributed by atoms with Gasteiger partial charge in [-0.2, -0.15) is 4.99 Å². The molecule has 34 heavy (non-hydrogen) atoms. The van der Waals surface area contributed by atoms with Gasteiger partial charge >= 0.3 is 6.03 Å². The van der Waals surface area contributed by atoms with Crippen molar-refractivity contribution >= 4 is 52.0 Å². The van der Waals surface area contributed by atoms with Crippen molar-refractivity contribution < 1.29 is 9.53 Å². The van der Waals surface area contributed by atoms with Crippen molar-refractivity contribution in [1.82, 2.24) is 15.3 Å². The van der Waals surface area contributed by atoms with Crippen molar-refractivity contribution in [3.8, 4) is 5.75 Å². The molecule has 0 radical (unpaired) electrons. The molecule has 9 heteroatoms. The molecule has 170 valence electrons. The summed E-state index contributed by atoms with van der Waals surface area (Å²) in [5, 5.41) is 3.55. The Hall–Kier alpha value is -4.11. The highest BCUT2D eigenvalue weighted by Crippen LogP contribution is 2.47. The van der Waals surface area contributed by atoms with Crippen molar-refractivity contribution in [1.29, 1.82) is 0 Å². The van der Waals surface area contributed by atoms with Gasteiger partial charge in [-0.05, 0) is 56.3 Å². The van der Waals surface area contributed by atoms with Gasteiger partial charge in [-0.1, -0.05) is 36.0 Å². The van der Waals surface area contributed by atoms with Crippen LogP contribution >= 0.6 is 11.8 Å². The average Bonchev–Trinajstić information content (AvgIpc) is 2.83. The average molecular weight is 471 g/mol. The van der Waals surface area contributed by atoms with Crippen LogP contribution in [0.4, 0.5) is 22.1 Å². The summed E-state index contributed by atoms with van der Waals surface area (Å²) < 4.78 is 5.56. The molecular weight excluding hydrogens is 448 g/mol. The fourth-order valence-electron chi connectivity index (χ4n) is 3.78. The van der Waals surface area contributed by atoms with E-state index in [-0.39, 0.29) is 11.9 Å². The highest BCUT2D eigenvalue weighted by Gasteiger charge is 2.28. The Morgan fingerprint density at radius 1 is 1.06 bits per heavy atom. The number of hydrogen-bond donors (Lipinski definition) is 2. The van der Waals surface area contributed by atoms with Crippen LogP contribution in [0.15, 0.2) is 81.5 Å². The Morgan fingerprint density at radius 2 is 1.74 bits per heavy atom. The number of para-hydroxylation sites is 2. The maximum atomic E-state index is 13.3. The molecule has 1 aromatic heterocycles. The number of anilines is 2. The molecule has 2 heterocycles. The summed E-state index contributed by atoms with van der Waals surface area (Å²) in [4.78, 5) is 30.0. The lowest BCUT2D eigenvalue weighted by molar-refractivity contribution is 0.252. The van der Waals surface area contributed by atoms with Gasteiger partial charge in [-0.15, -0.1) is 0 Å². The first-order valence-corrected chi connectivity index (χ1v) is 11.6. The second-order valence-electron chi connectivity index (χ2n) is 7.52. The van der Waals surface area contributed by atoms with Crippen molar-refractivity contribution in [2.75, 3.05) is 11.5 Å². The zero-order valence-corrected chi connectivity index (χ0v) is 19.5. The van der Waals surface area contributed by atoms with Crippen LogP contribution in [0.3, 0.4) is 0 Å². The molecule has 0 fully saturated rings. The number of rotatable bonds is 3. The zero-order valence-electron chi connectivity index (χ0n) is 18.6. The molecule has 0 aliphatic carbocycles. The monoisotopic (exact) mass is 470 g/mol. The quantitative estimate of drug-likeness (QED) is 0.311. The van der Waals surface area contributed by atoms with Crippen LogP contribution in [0.5, 0.6) is 5.75 Å². The molecule has 2 amide bonds. The number of nitrogens with one attached hydrogen (secondary N) is 1. The number of amides is 2. The molecular formula is C25H22N6O2S.